The molecule has 1 atom stereocenters. The van der Waals surface area contributed by atoms with E-state index in [1.807, 2.05) is 12.3 Å². The van der Waals surface area contributed by atoms with E-state index in [0.29, 0.717) is 5.92 Å². The number of nitrogens with one attached hydrogen (secondary N) is 1. The van der Waals surface area contributed by atoms with Gasteiger partial charge in [0, 0.05) is 0 Å². The fourth-order valence-corrected chi connectivity index (χ4v) is 2.57. The van der Waals surface area contributed by atoms with Crippen LogP contribution in [0.5, 0.6) is 5.75 Å². The Bertz CT molecular complexity index is 508. The highest BCUT2D eigenvalue weighted by Crippen LogP contribution is 2.18. The molecule has 0 spiro atoms. The van der Waals surface area contributed by atoms with Gasteiger partial charge in [-0.15, -0.1) is 0 Å². The molecule has 0 aliphatic rings. The Morgan fingerprint density at radius 1 is 1.19 bits per heavy atom. The maximum absolute atomic E-state index is 5.31. The molecule has 21 heavy (non-hydrogen) atoms. The molecule has 0 aliphatic heterocycles. The average molecular weight is 287 g/mol. The van der Waals surface area contributed by atoms with Gasteiger partial charge in [-0.1, -0.05) is 19.1 Å². The largest absolute Gasteiger partial charge is 0.497 e. The van der Waals surface area contributed by atoms with Gasteiger partial charge in [-0.25, -0.2) is 0 Å². The number of furan rings is 1. The normalized spacial score (nSPS) is 12.3. The molecule has 1 aromatic carbocycles. The van der Waals surface area contributed by atoms with E-state index >= 15 is 0 Å². The zero-order valence-corrected chi connectivity index (χ0v) is 13.0. The summed E-state index contributed by atoms with van der Waals surface area (Å²) in [7, 11) is 1.71. The van der Waals surface area contributed by atoms with E-state index in [-0.39, 0.29) is 0 Å². The SMILES string of the molecule is CCCNCC(Cc1ccoc1)Cc1cccc(OC)c1. The predicted octanol–water partition coefficient (Wildman–Crippen LogP) is 3.69. The van der Waals surface area contributed by atoms with Gasteiger partial charge >= 0.3 is 0 Å². The van der Waals surface area contributed by atoms with Crippen molar-refractivity contribution in [1.82, 2.24) is 5.32 Å². The molecule has 0 amide bonds. The maximum Gasteiger partial charge on any atom is 0.119 e. The number of ether oxygens (including phenoxy) is 1. The van der Waals surface area contributed by atoms with Crippen molar-refractivity contribution in [1.29, 1.82) is 0 Å². The van der Waals surface area contributed by atoms with Gasteiger partial charge in [-0.05, 0) is 67.6 Å². The molecule has 0 saturated heterocycles. The van der Waals surface area contributed by atoms with E-state index in [1.54, 1.807) is 13.4 Å². The lowest BCUT2D eigenvalue weighted by Crippen LogP contribution is -2.26. The van der Waals surface area contributed by atoms with Crippen molar-refractivity contribution in [2.75, 3.05) is 20.2 Å². The third-order valence-electron chi connectivity index (χ3n) is 3.62. The second-order valence-corrected chi connectivity index (χ2v) is 5.46. The molecule has 0 bridgehead atoms. The minimum atomic E-state index is 0.557. The van der Waals surface area contributed by atoms with E-state index in [9.17, 15) is 0 Å². The first-order valence-corrected chi connectivity index (χ1v) is 7.66. The van der Waals surface area contributed by atoms with Gasteiger partial charge in [-0.2, -0.15) is 0 Å². The minimum Gasteiger partial charge on any atom is -0.497 e. The van der Waals surface area contributed by atoms with Gasteiger partial charge < -0.3 is 14.5 Å². The lowest BCUT2D eigenvalue weighted by Gasteiger charge is -2.17. The minimum absolute atomic E-state index is 0.557. The molecule has 0 fully saturated rings. The monoisotopic (exact) mass is 287 g/mol. The average Bonchev–Trinajstić information content (AvgIpc) is 3.00. The second kappa shape index (κ2) is 8.53. The van der Waals surface area contributed by atoms with E-state index in [0.717, 1.165) is 38.1 Å². The molecular formula is C18H25NO2. The molecule has 3 heteroatoms. The Morgan fingerprint density at radius 3 is 2.76 bits per heavy atom. The first kappa shape index (κ1) is 15.6. The Morgan fingerprint density at radius 2 is 2.05 bits per heavy atom. The zero-order chi connectivity index (χ0) is 14.9. The Labute approximate surface area is 127 Å². The number of benzene rings is 1. The van der Waals surface area contributed by atoms with Crippen LogP contribution in [0.4, 0.5) is 0 Å². The van der Waals surface area contributed by atoms with Crippen LogP contribution in [-0.4, -0.2) is 20.2 Å². The Balaban J connectivity index is 1.99. The van der Waals surface area contributed by atoms with Gasteiger partial charge in [0.25, 0.3) is 0 Å². The van der Waals surface area contributed by atoms with Crippen molar-refractivity contribution in [2.45, 2.75) is 26.2 Å². The van der Waals surface area contributed by atoms with Crippen molar-refractivity contribution >= 4 is 0 Å². The highest BCUT2D eigenvalue weighted by atomic mass is 16.5. The summed E-state index contributed by atoms with van der Waals surface area (Å²) in [6.45, 7) is 4.29. The van der Waals surface area contributed by atoms with E-state index in [1.165, 1.54) is 11.1 Å². The highest BCUT2D eigenvalue weighted by Gasteiger charge is 2.12. The van der Waals surface area contributed by atoms with Crippen LogP contribution in [-0.2, 0) is 12.8 Å². The smallest absolute Gasteiger partial charge is 0.119 e. The van der Waals surface area contributed by atoms with E-state index in [2.05, 4.69) is 36.5 Å². The van der Waals surface area contributed by atoms with Gasteiger partial charge in [0.2, 0.25) is 0 Å². The van der Waals surface area contributed by atoms with Crippen LogP contribution in [0.25, 0.3) is 0 Å². The molecule has 0 radical (unpaired) electrons. The standard InChI is InChI=1S/C18H25NO2/c1-3-8-19-13-17(11-16-7-9-21-14-16)10-15-5-4-6-18(12-15)20-2/h4-7,9,12,14,17,19H,3,8,10-11,13H2,1-2H3. The van der Waals surface area contributed by atoms with Gasteiger partial charge in [0.05, 0.1) is 19.6 Å². The summed E-state index contributed by atoms with van der Waals surface area (Å²) in [5.74, 6) is 1.48. The molecule has 114 valence electrons. The summed E-state index contributed by atoms with van der Waals surface area (Å²) in [6, 6.07) is 10.4. The van der Waals surface area contributed by atoms with Gasteiger partial charge in [0.15, 0.2) is 0 Å². The fourth-order valence-electron chi connectivity index (χ4n) is 2.57. The molecule has 2 aromatic rings. The molecule has 0 saturated carbocycles. The first-order chi connectivity index (χ1) is 10.3. The molecule has 0 aliphatic carbocycles. The molecule has 3 nitrogen and oxygen atoms in total. The molecule has 1 N–H and O–H groups in total. The maximum atomic E-state index is 5.31. The fraction of sp³-hybridized carbons (Fsp3) is 0.444. The summed E-state index contributed by atoms with van der Waals surface area (Å²) in [4.78, 5) is 0. The number of methoxy groups -OCH3 is 1. The van der Waals surface area contributed by atoms with Gasteiger partial charge in [0.1, 0.15) is 5.75 Å². The van der Waals surface area contributed by atoms with Crippen molar-refractivity contribution in [2.24, 2.45) is 5.92 Å². The third-order valence-corrected chi connectivity index (χ3v) is 3.62. The molecular weight excluding hydrogens is 262 g/mol. The van der Waals surface area contributed by atoms with Crippen LogP contribution in [0.15, 0.2) is 47.3 Å². The van der Waals surface area contributed by atoms with E-state index in [4.69, 9.17) is 9.15 Å². The van der Waals surface area contributed by atoms with E-state index < -0.39 is 0 Å². The second-order valence-electron chi connectivity index (χ2n) is 5.46. The lowest BCUT2D eigenvalue weighted by molar-refractivity contribution is 0.413. The van der Waals surface area contributed by atoms with Crippen LogP contribution < -0.4 is 10.1 Å². The van der Waals surface area contributed by atoms with Crippen LogP contribution in [0, 0.1) is 5.92 Å². The van der Waals surface area contributed by atoms with Crippen molar-refractivity contribution in [3.8, 4) is 5.75 Å². The van der Waals surface area contributed by atoms with Crippen molar-refractivity contribution in [3.63, 3.8) is 0 Å². The first-order valence-electron chi connectivity index (χ1n) is 7.66. The van der Waals surface area contributed by atoms with Crippen LogP contribution in [0.3, 0.4) is 0 Å². The van der Waals surface area contributed by atoms with Crippen LogP contribution >= 0.6 is 0 Å². The third kappa shape index (κ3) is 5.27. The number of hydrogen-bond donors (Lipinski definition) is 1. The highest BCUT2D eigenvalue weighted by molar-refractivity contribution is 5.29. The predicted molar refractivity (Wildman–Crippen MR) is 85.8 cm³/mol. The Kier molecular flexibility index (Phi) is 6.35. The lowest BCUT2D eigenvalue weighted by atomic mass is 9.93. The zero-order valence-electron chi connectivity index (χ0n) is 13.0. The van der Waals surface area contributed by atoms with Crippen LogP contribution in [0.2, 0.25) is 0 Å². The summed E-state index contributed by atoms with van der Waals surface area (Å²) >= 11 is 0. The van der Waals surface area contributed by atoms with Crippen LogP contribution in [0.1, 0.15) is 24.5 Å². The summed E-state index contributed by atoms with van der Waals surface area (Å²) in [5, 5.41) is 3.53. The summed E-state index contributed by atoms with van der Waals surface area (Å²) in [5.41, 5.74) is 2.59. The number of hydrogen-bond acceptors (Lipinski definition) is 3. The molecule has 1 unspecified atom stereocenters. The topological polar surface area (TPSA) is 34.4 Å². The Hall–Kier alpha value is -1.74. The summed E-state index contributed by atoms with van der Waals surface area (Å²) < 4.78 is 10.5. The summed E-state index contributed by atoms with van der Waals surface area (Å²) in [6.07, 6.45) is 6.83. The van der Waals surface area contributed by atoms with Crippen molar-refractivity contribution in [3.05, 3.63) is 54.0 Å². The molecule has 1 aromatic heterocycles. The number of rotatable bonds is 9. The van der Waals surface area contributed by atoms with Gasteiger partial charge in [-0.3, -0.25) is 0 Å². The van der Waals surface area contributed by atoms with Crippen molar-refractivity contribution < 1.29 is 9.15 Å². The molecule has 1 heterocycles. The molecule has 2 rings (SSSR count). The quantitative estimate of drug-likeness (QED) is 0.714.